The van der Waals surface area contributed by atoms with Gasteiger partial charge in [0, 0.05) is 79.1 Å². The van der Waals surface area contributed by atoms with Crippen LogP contribution in [0.1, 0.15) is 17.8 Å². The number of halogens is 1. The van der Waals surface area contributed by atoms with Crippen LogP contribution < -0.4 is 16.4 Å². The number of nitrogens with two attached hydrogens (primary N) is 1. The summed E-state index contributed by atoms with van der Waals surface area (Å²) in [7, 11) is 0. The lowest BCUT2D eigenvalue weighted by atomic mass is 9.98. The Morgan fingerprint density at radius 2 is 1.94 bits per heavy atom. The van der Waals surface area contributed by atoms with Gasteiger partial charge >= 0.3 is 0 Å². The zero-order valence-electron chi connectivity index (χ0n) is 16.9. The van der Waals surface area contributed by atoms with Gasteiger partial charge in [0.25, 0.3) is 0 Å². The van der Waals surface area contributed by atoms with E-state index in [0.29, 0.717) is 29.3 Å². The molecule has 3 aromatic heterocycles. The van der Waals surface area contributed by atoms with Crippen molar-refractivity contribution in [1.82, 2.24) is 24.5 Å². The van der Waals surface area contributed by atoms with E-state index in [-0.39, 0.29) is 0 Å². The fourth-order valence-corrected chi connectivity index (χ4v) is 4.11. The number of nitrogens with one attached hydrogen (secondary N) is 2. The highest BCUT2D eigenvalue weighted by Crippen LogP contribution is 2.29. The maximum Gasteiger partial charge on any atom is 0.222 e. The first-order valence-electron chi connectivity index (χ1n) is 10.3. The Balaban J connectivity index is 1.16. The molecule has 0 spiro atoms. The third-order valence-electron chi connectivity index (χ3n) is 5.67. The summed E-state index contributed by atoms with van der Waals surface area (Å²) in [5.41, 5.74) is 7.86. The highest BCUT2D eigenvalue weighted by Gasteiger charge is 2.19. The smallest absolute Gasteiger partial charge is 0.222 e. The molecule has 8 nitrogen and oxygen atoms in total. The van der Waals surface area contributed by atoms with Crippen LogP contribution in [-0.4, -0.2) is 31.0 Å². The molecule has 0 fully saturated rings. The molecule has 5 rings (SSSR count). The molecule has 158 valence electrons. The Morgan fingerprint density at radius 3 is 2.81 bits per heavy atom. The number of benzene rings is 1. The zero-order chi connectivity index (χ0) is 21.2. The lowest BCUT2D eigenvalue weighted by molar-refractivity contribution is 0.396. The molecule has 4 heterocycles. The van der Waals surface area contributed by atoms with Gasteiger partial charge in [0.2, 0.25) is 5.95 Å². The number of imidazole rings is 1. The number of rotatable bonds is 6. The van der Waals surface area contributed by atoms with Crippen LogP contribution in [0.25, 0.3) is 10.8 Å². The Hall–Kier alpha value is -3.39. The van der Waals surface area contributed by atoms with Crippen LogP contribution in [0.15, 0.2) is 49.2 Å². The molecule has 0 saturated heterocycles. The van der Waals surface area contributed by atoms with Crippen molar-refractivity contribution in [2.24, 2.45) is 5.92 Å². The molecule has 0 radical (unpaired) electrons. The average molecular weight is 435 g/mol. The predicted octanol–water partition coefficient (Wildman–Crippen LogP) is 3.74. The molecular formula is C22H23ClN8. The highest BCUT2D eigenvalue weighted by molar-refractivity contribution is 6.35. The quantitative estimate of drug-likeness (QED) is 0.424. The van der Waals surface area contributed by atoms with E-state index in [4.69, 9.17) is 17.3 Å². The number of anilines is 3. The molecule has 0 aliphatic carbocycles. The summed E-state index contributed by atoms with van der Waals surface area (Å²) in [6, 6.07) is 5.86. The van der Waals surface area contributed by atoms with Gasteiger partial charge in [-0.15, -0.1) is 0 Å². The largest absolute Gasteiger partial charge is 0.383 e. The predicted molar refractivity (Wildman–Crippen MR) is 123 cm³/mol. The zero-order valence-corrected chi connectivity index (χ0v) is 17.7. The van der Waals surface area contributed by atoms with E-state index in [0.717, 1.165) is 53.8 Å². The fourth-order valence-electron chi connectivity index (χ4n) is 3.91. The Kier molecular flexibility index (Phi) is 5.30. The molecule has 4 N–H and O–H groups in total. The van der Waals surface area contributed by atoms with Crippen molar-refractivity contribution in [1.29, 1.82) is 0 Å². The topological polar surface area (TPSA) is 107 Å². The molecule has 9 heteroatoms. The molecule has 1 aliphatic rings. The minimum Gasteiger partial charge on any atom is -0.383 e. The molecule has 0 amide bonds. The van der Waals surface area contributed by atoms with Crippen molar-refractivity contribution in [3.8, 4) is 0 Å². The molecular weight excluding hydrogens is 412 g/mol. The number of nitrogen functional groups attached to an aromatic ring is 1. The van der Waals surface area contributed by atoms with Crippen LogP contribution in [-0.2, 0) is 19.5 Å². The fraction of sp³-hybridized carbons (Fsp3) is 0.273. The minimum atomic E-state index is 0.473. The first-order chi connectivity index (χ1) is 15.2. The van der Waals surface area contributed by atoms with Gasteiger partial charge < -0.3 is 20.9 Å². The van der Waals surface area contributed by atoms with Gasteiger partial charge in [-0.25, -0.2) is 19.9 Å². The van der Waals surface area contributed by atoms with Gasteiger partial charge in [-0.05, 0) is 30.5 Å². The summed E-state index contributed by atoms with van der Waals surface area (Å²) in [6.07, 6.45) is 11.3. The van der Waals surface area contributed by atoms with E-state index in [1.165, 1.54) is 0 Å². The minimum absolute atomic E-state index is 0.473. The third kappa shape index (κ3) is 4.25. The third-order valence-corrected chi connectivity index (χ3v) is 5.97. The first kappa shape index (κ1) is 19.6. The summed E-state index contributed by atoms with van der Waals surface area (Å²) in [6.45, 7) is 2.48. The van der Waals surface area contributed by atoms with E-state index >= 15 is 0 Å². The van der Waals surface area contributed by atoms with Crippen LogP contribution in [0.2, 0.25) is 5.02 Å². The van der Waals surface area contributed by atoms with Crippen molar-refractivity contribution < 1.29 is 0 Å². The average Bonchev–Trinajstić information content (AvgIpc) is 3.27. The van der Waals surface area contributed by atoms with E-state index < -0.39 is 0 Å². The van der Waals surface area contributed by atoms with Crippen LogP contribution in [0.3, 0.4) is 0 Å². The van der Waals surface area contributed by atoms with Crippen molar-refractivity contribution in [3.05, 3.63) is 65.6 Å². The number of nitrogens with zero attached hydrogens (tertiary/aromatic N) is 5. The van der Waals surface area contributed by atoms with Gasteiger partial charge in [-0.1, -0.05) is 11.6 Å². The Labute approximate surface area is 184 Å². The molecule has 31 heavy (non-hydrogen) atoms. The van der Waals surface area contributed by atoms with E-state index in [9.17, 15) is 0 Å². The van der Waals surface area contributed by atoms with Crippen molar-refractivity contribution in [3.63, 3.8) is 0 Å². The van der Waals surface area contributed by atoms with Gasteiger partial charge in [0.15, 0.2) is 0 Å². The maximum atomic E-state index is 6.26. The lowest BCUT2D eigenvalue weighted by Crippen LogP contribution is -2.25. The maximum absolute atomic E-state index is 6.26. The summed E-state index contributed by atoms with van der Waals surface area (Å²) in [4.78, 5) is 17.4. The SMILES string of the molecule is Nc1ncc(Cl)c2cc(NCc3cnc(NCC4CCn5ccnc5C4)nc3)ccc12. The second kappa shape index (κ2) is 8.39. The number of pyridine rings is 1. The first-order valence-corrected chi connectivity index (χ1v) is 10.7. The van der Waals surface area contributed by atoms with Gasteiger partial charge in [-0.3, -0.25) is 0 Å². The summed E-state index contributed by atoms with van der Waals surface area (Å²) >= 11 is 6.26. The Bertz CT molecular complexity index is 1200. The van der Waals surface area contributed by atoms with Gasteiger partial charge in [0.1, 0.15) is 11.6 Å². The van der Waals surface area contributed by atoms with Crippen LogP contribution in [0.4, 0.5) is 17.5 Å². The van der Waals surface area contributed by atoms with Crippen molar-refractivity contribution in [2.75, 3.05) is 22.9 Å². The second-order valence-corrected chi connectivity index (χ2v) is 8.20. The number of fused-ring (bicyclic) bond motifs is 2. The molecule has 1 aromatic carbocycles. The summed E-state index contributed by atoms with van der Waals surface area (Å²) < 4.78 is 2.23. The van der Waals surface area contributed by atoms with Crippen LogP contribution in [0.5, 0.6) is 0 Å². The summed E-state index contributed by atoms with van der Waals surface area (Å²) in [5, 5.41) is 9.04. The van der Waals surface area contributed by atoms with E-state index in [2.05, 4.69) is 35.1 Å². The normalized spacial score (nSPS) is 15.6. The van der Waals surface area contributed by atoms with Crippen molar-refractivity contribution >= 4 is 39.8 Å². The number of aryl methyl sites for hydroxylation is 1. The standard InChI is InChI=1S/C22H23ClN8/c23-19-13-27-21(24)17-2-1-16(8-18(17)19)26-10-15-11-29-22(30-12-15)28-9-14-3-5-31-6-4-25-20(31)7-14/h1-2,4,6,8,11-14,26H,3,5,7,9-10H2,(H2,24,27)(H,28,29,30). The molecule has 0 bridgehead atoms. The Morgan fingerprint density at radius 1 is 1.06 bits per heavy atom. The molecule has 0 saturated carbocycles. The van der Waals surface area contributed by atoms with Crippen molar-refractivity contribution in [2.45, 2.75) is 25.9 Å². The van der Waals surface area contributed by atoms with E-state index in [1.54, 1.807) is 6.20 Å². The van der Waals surface area contributed by atoms with Gasteiger partial charge in [0.05, 0.1) is 5.02 Å². The summed E-state index contributed by atoms with van der Waals surface area (Å²) in [5.74, 6) is 2.83. The monoisotopic (exact) mass is 434 g/mol. The van der Waals surface area contributed by atoms with E-state index in [1.807, 2.05) is 43.0 Å². The van der Waals surface area contributed by atoms with Crippen LogP contribution >= 0.6 is 11.6 Å². The number of hydrogen-bond donors (Lipinski definition) is 3. The molecule has 4 aromatic rings. The molecule has 1 atom stereocenters. The highest BCUT2D eigenvalue weighted by atomic mass is 35.5. The molecule has 1 aliphatic heterocycles. The second-order valence-electron chi connectivity index (χ2n) is 7.80. The van der Waals surface area contributed by atoms with Crippen LogP contribution in [0, 0.1) is 5.92 Å². The van der Waals surface area contributed by atoms with Gasteiger partial charge in [-0.2, -0.15) is 0 Å². The molecule has 1 unspecified atom stereocenters. The number of aromatic nitrogens is 5. The lowest BCUT2D eigenvalue weighted by Gasteiger charge is -2.23. The number of hydrogen-bond acceptors (Lipinski definition) is 7.